The van der Waals surface area contributed by atoms with Crippen LogP contribution in [0.3, 0.4) is 0 Å². The summed E-state index contributed by atoms with van der Waals surface area (Å²) in [6.07, 6.45) is 4.50. The Hall–Kier alpha value is -1.35. The quantitative estimate of drug-likeness (QED) is 0.869. The molecule has 1 aromatic carbocycles. The van der Waals surface area contributed by atoms with Crippen molar-refractivity contribution in [1.29, 1.82) is 0 Å². The fourth-order valence-electron chi connectivity index (χ4n) is 2.95. The van der Waals surface area contributed by atoms with Crippen LogP contribution in [0, 0.1) is 5.92 Å². The molecule has 0 fully saturated rings. The highest BCUT2D eigenvalue weighted by molar-refractivity contribution is 5.78. The van der Waals surface area contributed by atoms with E-state index in [0.717, 1.165) is 37.7 Å². The second-order valence-corrected chi connectivity index (χ2v) is 6.37. The van der Waals surface area contributed by atoms with E-state index < -0.39 is 6.10 Å². The van der Waals surface area contributed by atoms with Gasteiger partial charge in [-0.05, 0) is 42.4 Å². The van der Waals surface area contributed by atoms with Gasteiger partial charge in [0.05, 0.1) is 12.1 Å². The summed E-state index contributed by atoms with van der Waals surface area (Å²) in [4.78, 5) is 12.0. The number of aryl methyl sites for hydroxylation is 1. The number of benzene rings is 1. The van der Waals surface area contributed by atoms with Crippen molar-refractivity contribution in [3.8, 4) is 0 Å². The van der Waals surface area contributed by atoms with Crippen LogP contribution in [-0.4, -0.2) is 11.0 Å². The second kappa shape index (κ2) is 7.08. The van der Waals surface area contributed by atoms with E-state index in [4.69, 9.17) is 0 Å². The molecule has 2 unspecified atom stereocenters. The van der Waals surface area contributed by atoms with Crippen LogP contribution in [-0.2, 0) is 11.2 Å². The number of hydrogen-bond donors (Lipinski definition) is 2. The van der Waals surface area contributed by atoms with Crippen LogP contribution in [0.5, 0.6) is 0 Å². The third-order valence-electron chi connectivity index (χ3n) is 4.27. The molecule has 1 aromatic rings. The predicted octanol–water partition coefficient (Wildman–Crippen LogP) is 3.67. The summed E-state index contributed by atoms with van der Waals surface area (Å²) in [5, 5.41) is 13.3. The van der Waals surface area contributed by atoms with Crippen LogP contribution in [0.4, 0.5) is 0 Å². The number of aliphatic hydroxyl groups excluding tert-OH is 1. The molecule has 0 radical (unpaired) electrons. The number of aliphatic hydroxyl groups is 1. The molecule has 2 atom stereocenters. The highest BCUT2D eigenvalue weighted by atomic mass is 16.3. The molecule has 1 aliphatic carbocycles. The van der Waals surface area contributed by atoms with Gasteiger partial charge in [-0.25, -0.2) is 0 Å². The molecule has 0 aromatic heterocycles. The second-order valence-electron chi connectivity index (χ2n) is 6.37. The van der Waals surface area contributed by atoms with Gasteiger partial charge in [0.25, 0.3) is 0 Å². The molecule has 2 rings (SSSR count). The molecule has 0 saturated heterocycles. The smallest absolute Gasteiger partial charge is 0.223 e. The Morgan fingerprint density at radius 2 is 2.19 bits per heavy atom. The summed E-state index contributed by atoms with van der Waals surface area (Å²) in [5.74, 6) is 0.108. The fraction of sp³-hybridized carbons (Fsp3) is 0.611. The lowest BCUT2D eigenvalue weighted by Gasteiger charge is -2.28. The molecule has 1 amide bonds. The number of nitrogens with one attached hydrogen (secondary N) is 1. The van der Waals surface area contributed by atoms with Gasteiger partial charge < -0.3 is 10.4 Å². The normalized spacial score (nSPS) is 19.2. The van der Waals surface area contributed by atoms with Crippen LogP contribution in [0.2, 0.25) is 0 Å². The lowest BCUT2D eigenvalue weighted by molar-refractivity contribution is -0.124. The summed E-state index contributed by atoms with van der Waals surface area (Å²) in [5.41, 5.74) is 3.48. The van der Waals surface area contributed by atoms with E-state index >= 15 is 0 Å². The summed E-state index contributed by atoms with van der Waals surface area (Å²) < 4.78 is 0. The lowest BCUT2D eigenvalue weighted by atomic mass is 9.85. The van der Waals surface area contributed by atoms with Crippen molar-refractivity contribution in [3.63, 3.8) is 0 Å². The van der Waals surface area contributed by atoms with E-state index in [1.165, 1.54) is 11.1 Å². The van der Waals surface area contributed by atoms with Crippen LogP contribution in [0.15, 0.2) is 18.2 Å². The standard InChI is InChI=1S/C18H27NO2/c1-4-6-17(20)14-10-9-13-7-5-8-16(15(13)11-14)19-18(21)12(2)3/h9-12,16-17,20H,4-8H2,1-3H3,(H,19,21). The first kappa shape index (κ1) is 16.0. The van der Waals surface area contributed by atoms with Gasteiger partial charge in [-0.15, -0.1) is 0 Å². The molecule has 2 N–H and O–H groups in total. The zero-order chi connectivity index (χ0) is 15.4. The van der Waals surface area contributed by atoms with Crippen molar-refractivity contribution < 1.29 is 9.90 Å². The lowest BCUT2D eigenvalue weighted by Crippen LogP contribution is -2.33. The molecule has 0 bridgehead atoms. The molecule has 3 nitrogen and oxygen atoms in total. The molecule has 0 heterocycles. The Balaban J connectivity index is 2.23. The minimum absolute atomic E-state index is 0.00393. The molecule has 0 aliphatic heterocycles. The molecule has 116 valence electrons. The third-order valence-corrected chi connectivity index (χ3v) is 4.27. The van der Waals surface area contributed by atoms with Crippen molar-refractivity contribution in [3.05, 3.63) is 34.9 Å². The molecular formula is C18H27NO2. The highest BCUT2D eigenvalue weighted by Crippen LogP contribution is 2.32. The van der Waals surface area contributed by atoms with Crippen molar-refractivity contribution in [1.82, 2.24) is 5.32 Å². The van der Waals surface area contributed by atoms with Crippen molar-refractivity contribution in [2.45, 2.75) is 65.0 Å². The number of rotatable bonds is 5. The van der Waals surface area contributed by atoms with Gasteiger partial charge >= 0.3 is 0 Å². The van der Waals surface area contributed by atoms with Gasteiger partial charge in [0.15, 0.2) is 0 Å². The van der Waals surface area contributed by atoms with Crippen molar-refractivity contribution >= 4 is 5.91 Å². The Bertz CT molecular complexity index is 496. The summed E-state index contributed by atoms with van der Waals surface area (Å²) in [6.45, 7) is 5.91. The molecule has 21 heavy (non-hydrogen) atoms. The number of carbonyl (C=O) groups excluding carboxylic acids is 1. The van der Waals surface area contributed by atoms with E-state index in [1.54, 1.807) is 0 Å². The van der Waals surface area contributed by atoms with Crippen LogP contribution >= 0.6 is 0 Å². The van der Waals surface area contributed by atoms with E-state index in [0.29, 0.717) is 0 Å². The van der Waals surface area contributed by atoms with Crippen molar-refractivity contribution in [2.24, 2.45) is 5.92 Å². The molecule has 1 aliphatic rings. The minimum atomic E-state index is -0.399. The van der Waals surface area contributed by atoms with Gasteiger partial charge in [-0.3, -0.25) is 4.79 Å². The first-order valence-electron chi connectivity index (χ1n) is 8.14. The first-order valence-corrected chi connectivity index (χ1v) is 8.14. The molecular weight excluding hydrogens is 262 g/mol. The number of carbonyl (C=O) groups is 1. The van der Waals surface area contributed by atoms with Gasteiger partial charge in [-0.1, -0.05) is 45.4 Å². The molecule has 3 heteroatoms. The van der Waals surface area contributed by atoms with Gasteiger partial charge in [0, 0.05) is 5.92 Å². The topological polar surface area (TPSA) is 49.3 Å². The van der Waals surface area contributed by atoms with Crippen molar-refractivity contribution in [2.75, 3.05) is 0 Å². The highest BCUT2D eigenvalue weighted by Gasteiger charge is 2.23. The molecule has 0 spiro atoms. The number of fused-ring (bicyclic) bond motifs is 1. The van der Waals surface area contributed by atoms with Gasteiger partial charge in [0.1, 0.15) is 0 Å². The van der Waals surface area contributed by atoms with Gasteiger partial charge in [-0.2, -0.15) is 0 Å². The summed E-state index contributed by atoms with van der Waals surface area (Å²) in [7, 11) is 0. The third kappa shape index (κ3) is 3.85. The zero-order valence-electron chi connectivity index (χ0n) is 13.4. The number of amides is 1. The predicted molar refractivity (Wildman–Crippen MR) is 85.0 cm³/mol. The Kier molecular flexibility index (Phi) is 5.40. The Morgan fingerprint density at radius 3 is 2.86 bits per heavy atom. The Labute approximate surface area is 127 Å². The molecule has 0 saturated carbocycles. The minimum Gasteiger partial charge on any atom is -0.388 e. The zero-order valence-corrected chi connectivity index (χ0v) is 13.4. The SMILES string of the molecule is CCCC(O)c1ccc2c(c1)C(NC(=O)C(C)C)CCC2. The van der Waals surface area contributed by atoms with Crippen LogP contribution in [0.1, 0.15) is 75.3 Å². The number of hydrogen-bond acceptors (Lipinski definition) is 2. The monoisotopic (exact) mass is 289 g/mol. The summed E-state index contributed by atoms with van der Waals surface area (Å²) in [6, 6.07) is 6.35. The maximum atomic E-state index is 12.0. The maximum absolute atomic E-state index is 12.0. The fourth-order valence-corrected chi connectivity index (χ4v) is 2.95. The average molecular weight is 289 g/mol. The van der Waals surface area contributed by atoms with Crippen LogP contribution < -0.4 is 5.32 Å². The largest absolute Gasteiger partial charge is 0.388 e. The maximum Gasteiger partial charge on any atom is 0.223 e. The summed E-state index contributed by atoms with van der Waals surface area (Å²) >= 11 is 0. The Morgan fingerprint density at radius 1 is 1.43 bits per heavy atom. The first-order chi connectivity index (χ1) is 10.0. The van der Waals surface area contributed by atoms with E-state index in [2.05, 4.69) is 24.4 Å². The van der Waals surface area contributed by atoms with E-state index in [9.17, 15) is 9.90 Å². The average Bonchev–Trinajstić information content (AvgIpc) is 2.47. The van der Waals surface area contributed by atoms with E-state index in [-0.39, 0.29) is 17.9 Å². The van der Waals surface area contributed by atoms with Crippen LogP contribution in [0.25, 0.3) is 0 Å². The van der Waals surface area contributed by atoms with Gasteiger partial charge in [0.2, 0.25) is 5.91 Å². The van der Waals surface area contributed by atoms with E-state index in [1.807, 2.05) is 19.9 Å².